The van der Waals surface area contributed by atoms with Gasteiger partial charge in [0.05, 0.1) is 13.7 Å². The van der Waals surface area contributed by atoms with Crippen LogP contribution in [0, 0.1) is 5.92 Å². The van der Waals surface area contributed by atoms with Gasteiger partial charge in [0.15, 0.2) is 11.5 Å². The summed E-state index contributed by atoms with van der Waals surface area (Å²) in [5, 5.41) is 12.3. The molecule has 0 heterocycles. The number of anilines is 1. The van der Waals surface area contributed by atoms with Crippen LogP contribution in [0.25, 0.3) is 0 Å². The molecule has 1 atom stereocenters. The molecule has 19 heavy (non-hydrogen) atoms. The van der Waals surface area contributed by atoms with Crippen molar-refractivity contribution in [2.75, 3.05) is 25.6 Å². The SMILES string of the molecule is COc1ccc(NC(C)CC2CC2)cc1OCCO. The molecule has 0 aromatic heterocycles. The molecule has 2 N–H and O–H groups in total. The first kappa shape index (κ1) is 14.0. The van der Waals surface area contributed by atoms with Gasteiger partial charge >= 0.3 is 0 Å². The Morgan fingerprint density at radius 2 is 2.16 bits per heavy atom. The maximum atomic E-state index is 8.83. The van der Waals surface area contributed by atoms with E-state index in [4.69, 9.17) is 14.6 Å². The molecule has 0 bridgehead atoms. The highest BCUT2D eigenvalue weighted by atomic mass is 16.5. The second-order valence-electron chi connectivity index (χ2n) is 5.16. The van der Waals surface area contributed by atoms with Crippen LogP contribution in [0.5, 0.6) is 11.5 Å². The van der Waals surface area contributed by atoms with Gasteiger partial charge in [-0.05, 0) is 31.4 Å². The minimum Gasteiger partial charge on any atom is -0.493 e. The Morgan fingerprint density at radius 1 is 1.37 bits per heavy atom. The zero-order valence-electron chi connectivity index (χ0n) is 11.7. The highest BCUT2D eigenvalue weighted by molar-refractivity contribution is 5.55. The third kappa shape index (κ3) is 4.31. The molecule has 1 aromatic rings. The number of rotatable bonds is 8. The molecule has 0 saturated heterocycles. The molecule has 0 radical (unpaired) electrons. The zero-order valence-corrected chi connectivity index (χ0v) is 11.7. The van der Waals surface area contributed by atoms with E-state index in [1.165, 1.54) is 19.3 Å². The molecular weight excluding hydrogens is 242 g/mol. The van der Waals surface area contributed by atoms with Gasteiger partial charge in [0.1, 0.15) is 6.61 Å². The Labute approximate surface area is 114 Å². The molecule has 1 aromatic carbocycles. The first-order valence-electron chi connectivity index (χ1n) is 6.91. The number of nitrogens with one attached hydrogen (secondary N) is 1. The molecule has 1 unspecified atom stereocenters. The molecular formula is C15H23NO3. The Balaban J connectivity index is 1.98. The van der Waals surface area contributed by atoms with Crippen LogP contribution in [0.2, 0.25) is 0 Å². The van der Waals surface area contributed by atoms with Gasteiger partial charge in [-0.1, -0.05) is 12.8 Å². The van der Waals surface area contributed by atoms with Crippen LogP contribution in [0.3, 0.4) is 0 Å². The van der Waals surface area contributed by atoms with Gasteiger partial charge in [-0.25, -0.2) is 0 Å². The van der Waals surface area contributed by atoms with Gasteiger partial charge in [0.2, 0.25) is 0 Å². The lowest BCUT2D eigenvalue weighted by atomic mass is 10.1. The predicted octanol–water partition coefficient (Wildman–Crippen LogP) is 2.67. The highest BCUT2D eigenvalue weighted by Gasteiger charge is 2.23. The Kier molecular flexibility index (Phi) is 4.91. The van der Waals surface area contributed by atoms with Crippen LogP contribution in [-0.4, -0.2) is 31.5 Å². The van der Waals surface area contributed by atoms with Crippen molar-refractivity contribution in [1.29, 1.82) is 0 Å². The average Bonchev–Trinajstić information content (AvgIpc) is 3.20. The molecule has 0 spiro atoms. The van der Waals surface area contributed by atoms with E-state index in [0.717, 1.165) is 11.6 Å². The van der Waals surface area contributed by atoms with Crippen molar-refractivity contribution in [3.05, 3.63) is 18.2 Å². The van der Waals surface area contributed by atoms with Gasteiger partial charge in [-0.15, -0.1) is 0 Å². The summed E-state index contributed by atoms with van der Waals surface area (Å²) in [6.45, 7) is 2.48. The van der Waals surface area contributed by atoms with E-state index in [1.54, 1.807) is 7.11 Å². The zero-order chi connectivity index (χ0) is 13.7. The van der Waals surface area contributed by atoms with Gasteiger partial charge in [-0.2, -0.15) is 0 Å². The third-order valence-electron chi connectivity index (χ3n) is 3.31. The molecule has 4 nitrogen and oxygen atoms in total. The van der Waals surface area contributed by atoms with E-state index in [1.807, 2.05) is 18.2 Å². The molecule has 1 aliphatic rings. The quantitative estimate of drug-likeness (QED) is 0.758. The second kappa shape index (κ2) is 6.66. The summed E-state index contributed by atoms with van der Waals surface area (Å²) in [4.78, 5) is 0. The number of benzene rings is 1. The molecule has 1 saturated carbocycles. The topological polar surface area (TPSA) is 50.7 Å². The summed E-state index contributed by atoms with van der Waals surface area (Å²) in [6.07, 6.45) is 3.97. The summed E-state index contributed by atoms with van der Waals surface area (Å²) in [7, 11) is 1.62. The second-order valence-corrected chi connectivity index (χ2v) is 5.16. The standard InChI is InChI=1S/C15H23NO3/c1-11(9-12-3-4-12)16-13-5-6-14(18-2)15(10-13)19-8-7-17/h5-6,10-12,16-17H,3-4,7-9H2,1-2H3. The fraction of sp³-hybridized carbons (Fsp3) is 0.600. The molecule has 0 amide bonds. The highest BCUT2D eigenvalue weighted by Crippen LogP contribution is 2.35. The number of hydrogen-bond acceptors (Lipinski definition) is 4. The smallest absolute Gasteiger partial charge is 0.163 e. The molecule has 4 heteroatoms. The fourth-order valence-corrected chi connectivity index (χ4v) is 2.23. The Hall–Kier alpha value is -1.42. The fourth-order valence-electron chi connectivity index (χ4n) is 2.23. The van der Waals surface area contributed by atoms with E-state index in [0.29, 0.717) is 17.5 Å². The van der Waals surface area contributed by atoms with Crippen molar-refractivity contribution in [1.82, 2.24) is 0 Å². The van der Waals surface area contributed by atoms with Crippen LogP contribution in [0.15, 0.2) is 18.2 Å². The molecule has 1 fully saturated rings. The predicted molar refractivity (Wildman–Crippen MR) is 76.0 cm³/mol. The van der Waals surface area contributed by atoms with E-state index >= 15 is 0 Å². The number of aliphatic hydroxyl groups excluding tert-OH is 1. The van der Waals surface area contributed by atoms with Gasteiger partial charge < -0.3 is 19.9 Å². The maximum absolute atomic E-state index is 8.83. The van der Waals surface area contributed by atoms with Crippen molar-refractivity contribution in [3.63, 3.8) is 0 Å². The number of hydrogen-bond donors (Lipinski definition) is 2. The normalized spacial score (nSPS) is 15.9. The first-order chi connectivity index (χ1) is 9.22. The van der Waals surface area contributed by atoms with E-state index in [9.17, 15) is 0 Å². The van der Waals surface area contributed by atoms with Crippen molar-refractivity contribution in [3.8, 4) is 11.5 Å². The Morgan fingerprint density at radius 3 is 2.79 bits per heavy atom. The number of aliphatic hydroxyl groups is 1. The van der Waals surface area contributed by atoms with E-state index in [-0.39, 0.29) is 13.2 Å². The summed E-state index contributed by atoms with van der Waals surface area (Å²) in [5.74, 6) is 2.26. The van der Waals surface area contributed by atoms with Crippen molar-refractivity contribution < 1.29 is 14.6 Å². The van der Waals surface area contributed by atoms with Crippen molar-refractivity contribution in [2.45, 2.75) is 32.2 Å². The lowest BCUT2D eigenvalue weighted by molar-refractivity contribution is 0.196. The van der Waals surface area contributed by atoms with Crippen LogP contribution in [0.1, 0.15) is 26.2 Å². The third-order valence-corrected chi connectivity index (χ3v) is 3.31. The first-order valence-corrected chi connectivity index (χ1v) is 6.91. The minimum atomic E-state index is -0.00110. The summed E-state index contributed by atoms with van der Waals surface area (Å²) < 4.78 is 10.7. The van der Waals surface area contributed by atoms with Gasteiger partial charge in [-0.3, -0.25) is 0 Å². The largest absolute Gasteiger partial charge is 0.493 e. The molecule has 2 rings (SSSR count). The van der Waals surface area contributed by atoms with Crippen LogP contribution >= 0.6 is 0 Å². The van der Waals surface area contributed by atoms with Crippen LogP contribution < -0.4 is 14.8 Å². The van der Waals surface area contributed by atoms with Crippen LogP contribution in [-0.2, 0) is 0 Å². The maximum Gasteiger partial charge on any atom is 0.163 e. The molecule has 1 aliphatic carbocycles. The van der Waals surface area contributed by atoms with Crippen LogP contribution in [0.4, 0.5) is 5.69 Å². The minimum absolute atomic E-state index is 0.00110. The van der Waals surface area contributed by atoms with Gasteiger partial charge in [0, 0.05) is 17.8 Å². The Bertz CT molecular complexity index is 404. The summed E-state index contributed by atoms with van der Waals surface area (Å²) in [6, 6.07) is 6.27. The summed E-state index contributed by atoms with van der Waals surface area (Å²) >= 11 is 0. The van der Waals surface area contributed by atoms with Crippen molar-refractivity contribution >= 4 is 5.69 Å². The molecule has 106 valence electrons. The lowest BCUT2D eigenvalue weighted by Crippen LogP contribution is -2.15. The van der Waals surface area contributed by atoms with Crippen molar-refractivity contribution in [2.24, 2.45) is 5.92 Å². The number of ether oxygens (including phenoxy) is 2. The number of methoxy groups -OCH3 is 1. The summed E-state index contributed by atoms with van der Waals surface area (Å²) in [5.41, 5.74) is 1.03. The monoisotopic (exact) mass is 265 g/mol. The average molecular weight is 265 g/mol. The van der Waals surface area contributed by atoms with E-state index in [2.05, 4.69) is 12.2 Å². The van der Waals surface area contributed by atoms with E-state index < -0.39 is 0 Å². The van der Waals surface area contributed by atoms with Gasteiger partial charge in [0.25, 0.3) is 0 Å². The molecule has 0 aliphatic heterocycles. The lowest BCUT2D eigenvalue weighted by Gasteiger charge is -2.17.